The standard InChI is InChI=1S/C9H16N2O2/c12-10-7-9(1-2-9)8-11-3-5-13-6-4-11/h1-8H2. The van der Waals surface area contributed by atoms with Crippen molar-refractivity contribution in [1.29, 1.82) is 0 Å². The molecule has 1 aliphatic heterocycles. The highest BCUT2D eigenvalue weighted by Crippen LogP contribution is 2.46. The normalized spacial score (nSPS) is 27.1. The van der Waals surface area contributed by atoms with Gasteiger partial charge in [0.25, 0.3) is 0 Å². The van der Waals surface area contributed by atoms with Crippen molar-refractivity contribution in [2.45, 2.75) is 12.8 Å². The molecule has 0 atom stereocenters. The molecular weight excluding hydrogens is 168 g/mol. The summed E-state index contributed by atoms with van der Waals surface area (Å²) >= 11 is 0. The van der Waals surface area contributed by atoms with Gasteiger partial charge in [-0.05, 0) is 12.8 Å². The van der Waals surface area contributed by atoms with Crippen LogP contribution >= 0.6 is 0 Å². The Morgan fingerprint density at radius 2 is 2.00 bits per heavy atom. The summed E-state index contributed by atoms with van der Waals surface area (Å²) < 4.78 is 5.27. The smallest absolute Gasteiger partial charge is 0.0879 e. The van der Waals surface area contributed by atoms with Crippen LogP contribution < -0.4 is 0 Å². The number of morpholine rings is 1. The highest BCUT2D eigenvalue weighted by molar-refractivity contribution is 4.97. The number of hydrogen-bond acceptors (Lipinski definition) is 4. The van der Waals surface area contributed by atoms with E-state index in [2.05, 4.69) is 10.1 Å². The van der Waals surface area contributed by atoms with Gasteiger partial charge in [0.1, 0.15) is 0 Å². The Balaban J connectivity index is 1.78. The van der Waals surface area contributed by atoms with Gasteiger partial charge in [0.05, 0.1) is 19.8 Å². The zero-order chi connectivity index (χ0) is 9.15. The van der Waals surface area contributed by atoms with Gasteiger partial charge in [-0.15, -0.1) is 0 Å². The van der Waals surface area contributed by atoms with E-state index in [1.165, 1.54) is 12.8 Å². The number of rotatable bonds is 4. The molecule has 1 heterocycles. The lowest BCUT2D eigenvalue weighted by atomic mass is 10.1. The van der Waals surface area contributed by atoms with Crippen molar-refractivity contribution >= 4 is 0 Å². The molecule has 1 saturated heterocycles. The molecule has 0 aromatic carbocycles. The first-order valence-electron chi connectivity index (χ1n) is 4.94. The molecule has 0 aromatic rings. The van der Waals surface area contributed by atoms with Crippen molar-refractivity contribution in [2.24, 2.45) is 10.6 Å². The predicted molar refractivity (Wildman–Crippen MR) is 49.6 cm³/mol. The highest BCUT2D eigenvalue weighted by atomic mass is 16.5. The zero-order valence-electron chi connectivity index (χ0n) is 7.87. The molecule has 4 heteroatoms. The molecule has 0 aromatic heterocycles. The van der Waals surface area contributed by atoms with E-state index in [1.54, 1.807) is 0 Å². The van der Waals surface area contributed by atoms with Crippen LogP contribution in [-0.4, -0.2) is 44.3 Å². The molecule has 0 bridgehead atoms. The summed E-state index contributed by atoms with van der Waals surface area (Å²) in [5.74, 6) is 0. The van der Waals surface area contributed by atoms with Crippen LogP contribution in [0.25, 0.3) is 0 Å². The summed E-state index contributed by atoms with van der Waals surface area (Å²) in [4.78, 5) is 12.6. The van der Waals surface area contributed by atoms with Gasteiger partial charge in [0.2, 0.25) is 0 Å². The molecule has 4 nitrogen and oxygen atoms in total. The molecule has 1 saturated carbocycles. The van der Waals surface area contributed by atoms with E-state index in [0.29, 0.717) is 6.54 Å². The first kappa shape index (κ1) is 9.09. The van der Waals surface area contributed by atoms with Gasteiger partial charge in [-0.2, -0.15) is 4.91 Å². The van der Waals surface area contributed by atoms with E-state index in [4.69, 9.17) is 4.74 Å². The number of ether oxygens (including phenoxy) is 1. The molecule has 0 unspecified atom stereocenters. The van der Waals surface area contributed by atoms with Crippen LogP contribution in [0.3, 0.4) is 0 Å². The molecule has 0 radical (unpaired) electrons. The average Bonchev–Trinajstić information content (AvgIpc) is 2.87. The predicted octanol–water partition coefficient (Wildman–Crippen LogP) is 0.865. The summed E-state index contributed by atoms with van der Waals surface area (Å²) in [5, 5.41) is 3.03. The first-order valence-corrected chi connectivity index (χ1v) is 4.94. The van der Waals surface area contributed by atoms with Gasteiger partial charge in [0.15, 0.2) is 0 Å². The molecule has 1 aliphatic carbocycles. The maximum Gasteiger partial charge on any atom is 0.0879 e. The van der Waals surface area contributed by atoms with E-state index < -0.39 is 0 Å². The Morgan fingerprint density at radius 1 is 1.31 bits per heavy atom. The van der Waals surface area contributed by atoms with Crippen molar-refractivity contribution in [2.75, 3.05) is 39.4 Å². The average molecular weight is 184 g/mol. The summed E-state index contributed by atoms with van der Waals surface area (Å²) in [6.45, 7) is 5.25. The zero-order valence-corrected chi connectivity index (χ0v) is 7.87. The van der Waals surface area contributed by atoms with Crippen molar-refractivity contribution < 1.29 is 4.74 Å². The summed E-state index contributed by atoms with van der Waals surface area (Å²) in [5.41, 5.74) is 0.249. The monoisotopic (exact) mass is 184 g/mol. The summed E-state index contributed by atoms with van der Waals surface area (Å²) in [6.07, 6.45) is 2.35. The van der Waals surface area contributed by atoms with Crippen LogP contribution in [0.15, 0.2) is 5.18 Å². The van der Waals surface area contributed by atoms with Crippen molar-refractivity contribution in [3.8, 4) is 0 Å². The summed E-state index contributed by atoms with van der Waals surface area (Å²) in [6, 6.07) is 0. The fourth-order valence-electron chi connectivity index (χ4n) is 1.91. The molecule has 2 rings (SSSR count). The topological polar surface area (TPSA) is 41.9 Å². The minimum Gasteiger partial charge on any atom is -0.379 e. The minimum atomic E-state index is 0.249. The van der Waals surface area contributed by atoms with Crippen LogP contribution in [0, 0.1) is 10.3 Å². The lowest BCUT2D eigenvalue weighted by Gasteiger charge is -2.29. The molecule has 0 N–H and O–H groups in total. The number of hydrogen-bond donors (Lipinski definition) is 0. The van der Waals surface area contributed by atoms with Crippen molar-refractivity contribution in [3.63, 3.8) is 0 Å². The Bertz CT molecular complexity index is 186. The number of nitrogens with zero attached hydrogens (tertiary/aromatic N) is 2. The third-order valence-electron chi connectivity index (χ3n) is 3.02. The highest BCUT2D eigenvalue weighted by Gasteiger charge is 2.44. The molecular formula is C9H16N2O2. The summed E-state index contributed by atoms with van der Waals surface area (Å²) in [7, 11) is 0. The quantitative estimate of drug-likeness (QED) is 0.609. The van der Waals surface area contributed by atoms with E-state index in [0.717, 1.165) is 32.8 Å². The Morgan fingerprint density at radius 3 is 2.54 bits per heavy atom. The lowest BCUT2D eigenvalue weighted by Crippen LogP contribution is -2.40. The first-order chi connectivity index (χ1) is 6.35. The molecule has 2 fully saturated rings. The molecule has 0 amide bonds. The Hall–Kier alpha value is -0.480. The number of nitroso groups, excluding NO2 is 1. The van der Waals surface area contributed by atoms with Gasteiger partial charge in [-0.1, -0.05) is 5.18 Å². The van der Waals surface area contributed by atoms with Gasteiger partial charge >= 0.3 is 0 Å². The third-order valence-corrected chi connectivity index (χ3v) is 3.02. The second-order valence-corrected chi connectivity index (χ2v) is 4.18. The van der Waals surface area contributed by atoms with Crippen LogP contribution in [0.1, 0.15) is 12.8 Å². The van der Waals surface area contributed by atoms with Crippen LogP contribution in [-0.2, 0) is 4.74 Å². The fourth-order valence-corrected chi connectivity index (χ4v) is 1.91. The van der Waals surface area contributed by atoms with Crippen molar-refractivity contribution in [3.05, 3.63) is 4.91 Å². The van der Waals surface area contributed by atoms with Gasteiger partial charge in [0, 0.05) is 25.0 Å². The second-order valence-electron chi connectivity index (χ2n) is 4.18. The van der Waals surface area contributed by atoms with Crippen LogP contribution in [0.2, 0.25) is 0 Å². The van der Waals surface area contributed by atoms with E-state index >= 15 is 0 Å². The van der Waals surface area contributed by atoms with Crippen LogP contribution in [0.5, 0.6) is 0 Å². The van der Waals surface area contributed by atoms with Gasteiger partial charge < -0.3 is 4.74 Å². The third kappa shape index (κ3) is 2.25. The molecule has 74 valence electrons. The Labute approximate surface area is 78.2 Å². The molecule has 13 heavy (non-hydrogen) atoms. The van der Waals surface area contributed by atoms with E-state index in [1.807, 2.05) is 0 Å². The minimum absolute atomic E-state index is 0.249. The van der Waals surface area contributed by atoms with E-state index in [-0.39, 0.29) is 5.41 Å². The maximum absolute atomic E-state index is 10.2. The second kappa shape index (κ2) is 3.72. The lowest BCUT2D eigenvalue weighted by molar-refractivity contribution is 0.0291. The van der Waals surface area contributed by atoms with E-state index in [9.17, 15) is 4.91 Å². The largest absolute Gasteiger partial charge is 0.379 e. The van der Waals surface area contributed by atoms with Gasteiger partial charge in [-0.3, -0.25) is 4.90 Å². The Kier molecular flexibility index (Phi) is 2.60. The molecule has 2 aliphatic rings. The molecule has 0 spiro atoms. The maximum atomic E-state index is 10.2. The van der Waals surface area contributed by atoms with Gasteiger partial charge in [-0.25, -0.2) is 0 Å². The van der Waals surface area contributed by atoms with Crippen LogP contribution in [0.4, 0.5) is 0 Å². The fraction of sp³-hybridized carbons (Fsp3) is 1.00. The SMILES string of the molecule is O=NCC1(CN2CCOCC2)CC1. The van der Waals surface area contributed by atoms with Crippen molar-refractivity contribution in [1.82, 2.24) is 4.90 Å².